The van der Waals surface area contributed by atoms with Crippen LogP contribution < -0.4 is 5.32 Å². The molecule has 0 saturated carbocycles. The molecule has 0 aromatic heterocycles. The van der Waals surface area contributed by atoms with Crippen LogP contribution in [0.1, 0.15) is 29.5 Å². The van der Waals surface area contributed by atoms with E-state index in [9.17, 15) is 0 Å². The minimum Gasteiger partial charge on any atom is -0.317 e. The number of hydrogen-bond donors (Lipinski definition) is 1. The van der Waals surface area contributed by atoms with E-state index in [-0.39, 0.29) is 0 Å². The predicted octanol–water partition coefficient (Wildman–Crippen LogP) is 2.49. The van der Waals surface area contributed by atoms with Gasteiger partial charge in [-0.2, -0.15) is 0 Å². The first kappa shape index (κ1) is 12.6. The quantitative estimate of drug-likeness (QED) is 0.861. The highest BCUT2D eigenvalue weighted by atomic mass is 15.1. The number of benzene rings is 1. The van der Waals surface area contributed by atoms with Gasteiger partial charge in [0.25, 0.3) is 0 Å². The van der Waals surface area contributed by atoms with E-state index >= 15 is 0 Å². The molecule has 1 saturated heterocycles. The zero-order chi connectivity index (χ0) is 12.3. The van der Waals surface area contributed by atoms with Crippen LogP contribution in [0.5, 0.6) is 0 Å². The maximum absolute atomic E-state index is 3.38. The Morgan fingerprint density at radius 2 is 1.94 bits per heavy atom. The number of rotatable bonds is 3. The zero-order valence-corrected chi connectivity index (χ0v) is 11.3. The lowest BCUT2D eigenvalue weighted by atomic mass is 10.0. The van der Waals surface area contributed by atoms with Gasteiger partial charge in [0.2, 0.25) is 0 Å². The van der Waals surface area contributed by atoms with Gasteiger partial charge in [-0.3, -0.25) is 4.90 Å². The van der Waals surface area contributed by atoms with E-state index in [4.69, 9.17) is 0 Å². The lowest BCUT2D eigenvalue weighted by molar-refractivity contribution is 0.194. The fraction of sp³-hybridized carbons (Fsp3) is 0.600. The van der Waals surface area contributed by atoms with Crippen molar-refractivity contribution in [2.24, 2.45) is 0 Å². The molecule has 0 aliphatic carbocycles. The van der Waals surface area contributed by atoms with Crippen LogP contribution in [-0.2, 0) is 6.54 Å². The maximum Gasteiger partial charge on any atom is 0.0236 e. The molecule has 1 aromatic rings. The average molecular weight is 232 g/mol. The van der Waals surface area contributed by atoms with Crippen molar-refractivity contribution in [1.82, 2.24) is 10.2 Å². The molecule has 1 aliphatic heterocycles. The molecule has 1 heterocycles. The summed E-state index contributed by atoms with van der Waals surface area (Å²) in [4.78, 5) is 2.58. The molecule has 0 bridgehead atoms. The van der Waals surface area contributed by atoms with Crippen LogP contribution in [0.2, 0.25) is 0 Å². The summed E-state index contributed by atoms with van der Waals surface area (Å²) in [7, 11) is 2.07. The second kappa shape index (κ2) is 5.65. The Bertz CT molecular complexity index is 365. The molecule has 1 aromatic carbocycles. The second-order valence-corrected chi connectivity index (χ2v) is 5.20. The minimum absolute atomic E-state index is 0.727. The number of aryl methyl sites for hydroxylation is 1. The SMILES string of the molecule is CNC1CCN(Cc2cccc(C)c2C)CC1. The lowest BCUT2D eigenvalue weighted by Crippen LogP contribution is -2.40. The van der Waals surface area contributed by atoms with Crippen molar-refractivity contribution in [3.8, 4) is 0 Å². The van der Waals surface area contributed by atoms with Crippen LogP contribution in [0.25, 0.3) is 0 Å². The third-order valence-electron chi connectivity index (χ3n) is 4.11. The summed E-state index contributed by atoms with van der Waals surface area (Å²) in [5.41, 5.74) is 4.36. The fourth-order valence-corrected chi connectivity index (χ4v) is 2.60. The van der Waals surface area contributed by atoms with Crippen LogP contribution in [0, 0.1) is 13.8 Å². The molecular formula is C15H24N2. The van der Waals surface area contributed by atoms with Crippen molar-refractivity contribution in [3.05, 3.63) is 34.9 Å². The first-order chi connectivity index (χ1) is 8.20. The van der Waals surface area contributed by atoms with Crippen LogP contribution in [0.3, 0.4) is 0 Å². The van der Waals surface area contributed by atoms with Crippen molar-refractivity contribution in [2.45, 2.75) is 39.3 Å². The first-order valence-corrected chi connectivity index (χ1v) is 6.65. The van der Waals surface area contributed by atoms with E-state index in [1.165, 1.54) is 42.6 Å². The standard InChI is InChI=1S/C15H24N2/c1-12-5-4-6-14(13(12)2)11-17-9-7-15(16-3)8-10-17/h4-6,15-16H,7-11H2,1-3H3. The van der Waals surface area contributed by atoms with Gasteiger partial charge >= 0.3 is 0 Å². The Morgan fingerprint density at radius 1 is 1.24 bits per heavy atom. The Kier molecular flexibility index (Phi) is 4.19. The number of likely N-dealkylation sites (tertiary alicyclic amines) is 1. The number of piperidine rings is 1. The molecule has 0 radical (unpaired) electrons. The number of nitrogens with zero attached hydrogens (tertiary/aromatic N) is 1. The van der Waals surface area contributed by atoms with Gasteiger partial charge in [0, 0.05) is 12.6 Å². The summed E-state index contributed by atoms with van der Waals surface area (Å²) in [5.74, 6) is 0. The molecule has 0 spiro atoms. The molecule has 94 valence electrons. The topological polar surface area (TPSA) is 15.3 Å². The van der Waals surface area contributed by atoms with Crippen molar-refractivity contribution >= 4 is 0 Å². The maximum atomic E-state index is 3.38. The molecule has 0 unspecified atom stereocenters. The minimum atomic E-state index is 0.727. The molecule has 0 amide bonds. The van der Waals surface area contributed by atoms with Gasteiger partial charge in [-0.05, 0) is 63.5 Å². The fourth-order valence-electron chi connectivity index (χ4n) is 2.60. The van der Waals surface area contributed by atoms with E-state index in [1.54, 1.807) is 0 Å². The Hall–Kier alpha value is -0.860. The van der Waals surface area contributed by atoms with Crippen LogP contribution >= 0.6 is 0 Å². The smallest absolute Gasteiger partial charge is 0.0236 e. The summed E-state index contributed by atoms with van der Waals surface area (Å²) in [6, 6.07) is 7.38. The van der Waals surface area contributed by atoms with Gasteiger partial charge in [-0.15, -0.1) is 0 Å². The highest BCUT2D eigenvalue weighted by molar-refractivity contribution is 5.33. The van der Waals surface area contributed by atoms with Gasteiger partial charge in [0.15, 0.2) is 0 Å². The molecule has 1 N–H and O–H groups in total. The van der Waals surface area contributed by atoms with Gasteiger partial charge in [-0.25, -0.2) is 0 Å². The van der Waals surface area contributed by atoms with Crippen LogP contribution in [0.15, 0.2) is 18.2 Å². The molecule has 1 fully saturated rings. The number of hydrogen-bond acceptors (Lipinski definition) is 2. The van der Waals surface area contributed by atoms with Gasteiger partial charge in [-0.1, -0.05) is 18.2 Å². The Morgan fingerprint density at radius 3 is 2.59 bits per heavy atom. The molecule has 0 atom stereocenters. The van der Waals surface area contributed by atoms with Gasteiger partial charge in [0.1, 0.15) is 0 Å². The third kappa shape index (κ3) is 3.08. The van der Waals surface area contributed by atoms with Gasteiger partial charge < -0.3 is 5.32 Å². The largest absolute Gasteiger partial charge is 0.317 e. The van der Waals surface area contributed by atoms with Crippen molar-refractivity contribution in [3.63, 3.8) is 0 Å². The van der Waals surface area contributed by atoms with E-state index < -0.39 is 0 Å². The van der Waals surface area contributed by atoms with Crippen molar-refractivity contribution < 1.29 is 0 Å². The summed E-state index contributed by atoms with van der Waals surface area (Å²) in [6.07, 6.45) is 2.56. The van der Waals surface area contributed by atoms with Gasteiger partial charge in [0.05, 0.1) is 0 Å². The highest BCUT2D eigenvalue weighted by Gasteiger charge is 2.18. The highest BCUT2D eigenvalue weighted by Crippen LogP contribution is 2.18. The molecule has 2 nitrogen and oxygen atoms in total. The zero-order valence-electron chi connectivity index (χ0n) is 11.3. The van der Waals surface area contributed by atoms with E-state index in [1.807, 2.05) is 0 Å². The first-order valence-electron chi connectivity index (χ1n) is 6.65. The third-order valence-corrected chi connectivity index (χ3v) is 4.11. The van der Waals surface area contributed by atoms with Crippen molar-refractivity contribution in [2.75, 3.05) is 20.1 Å². The monoisotopic (exact) mass is 232 g/mol. The average Bonchev–Trinajstić information content (AvgIpc) is 2.36. The van der Waals surface area contributed by atoms with E-state index in [2.05, 4.69) is 49.3 Å². The molecular weight excluding hydrogens is 208 g/mol. The summed E-state index contributed by atoms with van der Waals surface area (Å²) in [5, 5.41) is 3.38. The molecule has 2 rings (SSSR count). The normalized spacial score (nSPS) is 18.5. The Balaban J connectivity index is 1.95. The molecule has 17 heavy (non-hydrogen) atoms. The Labute approximate surface area is 105 Å². The van der Waals surface area contributed by atoms with E-state index in [0.29, 0.717) is 0 Å². The second-order valence-electron chi connectivity index (χ2n) is 5.20. The molecule has 1 aliphatic rings. The summed E-state index contributed by atoms with van der Waals surface area (Å²) in [6.45, 7) is 8.00. The predicted molar refractivity (Wildman–Crippen MR) is 73.3 cm³/mol. The lowest BCUT2D eigenvalue weighted by Gasteiger charge is -2.32. The van der Waals surface area contributed by atoms with E-state index in [0.717, 1.165) is 12.6 Å². The van der Waals surface area contributed by atoms with Crippen LogP contribution in [-0.4, -0.2) is 31.1 Å². The number of nitrogens with one attached hydrogen (secondary N) is 1. The van der Waals surface area contributed by atoms with Crippen molar-refractivity contribution in [1.29, 1.82) is 0 Å². The summed E-state index contributed by atoms with van der Waals surface area (Å²) >= 11 is 0. The van der Waals surface area contributed by atoms with Crippen LogP contribution in [0.4, 0.5) is 0 Å². The molecule has 2 heteroatoms. The summed E-state index contributed by atoms with van der Waals surface area (Å²) < 4.78 is 0.